The number of para-hydroxylation sites is 2. The van der Waals surface area contributed by atoms with Crippen LogP contribution in [0.1, 0.15) is 31.4 Å². The number of nitrogens with two attached hydrogens (primary N) is 1. The van der Waals surface area contributed by atoms with Crippen LogP contribution in [-0.4, -0.2) is 74.6 Å². The largest absolute Gasteiger partial charge is 0.480 e. The van der Waals surface area contributed by atoms with Crippen molar-refractivity contribution in [3.8, 4) is 0 Å². The van der Waals surface area contributed by atoms with Crippen LogP contribution in [0.3, 0.4) is 0 Å². The number of hydrogen-bond donors (Lipinski definition) is 8. The molecule has 0 aliphatic rings. The zero-order chi connectivity index (χ0) is 31.1. The molecule has 0 saturated carbocycles. The van der Waals surface area contributed by atoms with E-state index in [2.05, 4.69) is 25.9 Å². The number of nitrogens with one attached hydrogen (secondary N) is 5. The summed E-state index contributed by atoms with van der Waals surface area (Å²) in [4.78, 5) is 58.0. The summed E-state index contributed by atoms with van der Waals surface area (Å²) < 4.78 is 0. The van der Waals surface area contributed by atoms with Gasteiger partial charge >= 0.3 is 5.97 Å². The summed E-state index contributed by atoms with van der Waals surface area (Å²) in [6.45, 7) is 2.95. The summed E-state index contributed by atoms with van der Waals surface area (Å²) in [6.07, 6.45) is 4.08. The third-order valence-corrected chi connectivity index (χ3v) is 7.82. The fourth-order valence-corrected chi connectivity index (χ4v) is 4.97. The molecule has 9 N–H and O–H groups in total. The third kappa shape index (κ3) is 7.40. The molecule has 0 fully saturated rings. The lowest BCUT2D eigenvalue weighted by molar-refractivity contribution is -0.142. The van der Waals surface area contributed by atoms with E-state index in [-0.39, 0.29) is 18.8 Å². The minimum Gasteiger partial charge on any atom is -0.480 e. The fraction of sp³-hybridized carbons (Fsp3) is 0.355. The Balaban J connectivity index is 1.56. The lowest BCUT2D eigenvalue weighted by Gasteiger charge is -2.25. The number of carbonyl (C=O) groups is 4. The number of H-pyrrole nitrogens is 2. The second-order valence-electron chi connectivity index (χ2n) is 10.7. The summed E-state index contributed by atoms with van der Waals surface area (Å²) in [5.74, 6) is -3.55. The Hall–Kier alpha value is -4.68. The van der Waals surface area contributed by atoms with Gasteiger partial charge in [0.25, 0.3) is 0 Å². The topological polar surface area (TPSA) is 202 Å². The Morgan fingerprint density at radius 1 is 0.767 bits per heavy atom. The SMILES string of the molecule is CCC(C)C(N)C(=O)NC(CO)C(=O)NC(Cc1c[nH]c2ccccc12)C(=O)NC(Cc1c[nH]c2ccccc12)C(=O)O. The van der Waals surface area contributed by atoms with Crippen LogP contribution in [0.25, 0.3) is 21.8 Å². The molecule has 0 radical (unpaired) electrons. The Morgan fingerprint density at radius 3 is 1.74 bits per heavy atom. The first kappa shape index (κ1) is 31.3. The van der Waals surface area contributed by atoms with Gasteiger partial charge in [-0.05, 0) is 29.2 Å². The van der Waals surface area contributed by atoms with Gasteiger partial charge in [-0.15, -0.1) is 0 Å². The number of amides is 3. The highest BCUT2D eigenvalue weighted by atomic mass is 16.4. The van der Waals surface area contributed by atoms with E-state index in [9.17, 15) is 29.4 Å². The predicted octanol–water partition coefficient (Wildman–Crippen LogP) is 1.34. The van der Waals surface area contributed by atoms with Crippen LogP contribution >= 0.6 is 0 Å². The van der Waals surface area contributed by atoms with Crippen molar-refractivity contribution in [2.45, 2.75) is 57.3 Å². The maximum absolute atomic E-state index is 13.6. The molecule has 2 aromatic carbocycles. The predicted molar refractivity (Wildman–Crippen MR) is 162 cm³/mol. The lowest BCUT2D eigenvalue weighted by Crippen LogP contribution is -2.59. The van der Waals surface area contributed by atoms with Crippen LogP contribution in [0.15, 0.2) is 60.9 Å². The van der Waals surface area contributed by atoms with Gasteiger partial charge in [-0.1, -0.05) is 56.7 Å². The molecular weight excluding hydrogens is 552 g/mol. The number of rotatable bonds is 14. The number of aromatic nitrogens is 2. The smallest absolute Gasteiger partial charge is 0.326 e. The number of carboxylic acids is 1. The summed E-state index contributed by atoms with van der Waals surface area (Å²) in [6, 6.07) is 10.1. The summed E-state index contributed by atoms with van der Waals surface area (Å²) in [7, 11) is 0. The van der Waals surface area contributed by atoms with Crippen LogP contribution in [-0.2, 0) is 32.0 Å². The molecule has 228 valence electrons. The number of fused-ring (bicyclic) bond motifs is 2. The molecule has 5 unspecified atom stereocenters. The highest BCUT2D eigenvalue weighted by molar-refractivity contribution is 5.95. The minimum absolute atomic E-state index is 0.00165. The molecule has 43 heavy (non-hydrogen) atoms. The van der Waals surface area contributed by atoms with Crippen LogP contribution in [0.4, 0.5) is 0 Å². The van der Waals surface area contributed by atoms with Crippen molar-refractivity contribution in [2.75, 3.05) is 6.61 Å². The summed E-state index contributed by atoms with van der Waals surface area (Å²) >= 11 is 0. The maximum Gasteiger partial charge on any atom is 0.326 e. The van der Waals surface area contributed by atoms with Gasteiger partial charge in [0.2, 0.25) is 17.7 Å². The monoisotopic (exact) mass is 590 g/mol. The zero-order valence-electron chi connectivity index (χ0n) is 24.1. The van der Waals surface area contributed by atoms with Crippen molar-refractivity contribution in [1.82, 2.24) is 25.9 Å². The number of carbonyl (C=O) groups excluding carboxylic acids is 3. The van der Waals surface area contributed by atoms with Crippen molar-refractivity contribution in [3.63, 3.8) is 0 Å². The normalized spacial score (nSPS) is 14.9. The van der Waals surface area contributed by atoms with Crippen molar-refractivity contribution in [3.05, 3.63) is 72.1 Å². The summed E-state index contributed by atoms with van der Waals surface area (Å²) in [5, 5.41) is 29.2. The number of aliphatic carboxylic acids is 1. The van der Waals surface area contributed by atoms with Gasteiger partial charge in [0.15, 0.2) is 0 Å². The molecule has 0 aliphatic carbocycles. The average molecular weight is 591 g/mol. The zero-order valence-corrected chi connectivity index (χ0v) is 24.1. The molecule has 3 amide bonds. The first-order chi connectivity index (χ1) is 20.6. The number of hydrogen-bond acceptors (Lipinski definition) is 6. The molecule has 0 bridgehead atoms. The quantitative estimate of drug-likeness (QED) is 0.108. The third-order valence-electron chi connectivity index (χ3n) is 7.82. The van der Waals surface area contributed by atoms with Crippen LogP contribution in [0.2, 0.25) is 0 Å². The lowest BCUT2D eigenvalue weighted by atomic mass is 9.99. The van der Waals surface area contributed by atoms with Crippen molar-refractivity contribution in [1.29, 1.82) is 0 Å². The average Bonchev–Trinajstić information content (AvgIpc) is 3.62. The standard InChI is InChI=1S/C31H38N6O6/c1-3-17(2)27(32)30(41)37-26(16-38)29(40)35-24(12-18-14-33-22-10-6-4-8-20(18)22)28(39)36-25(31(42)43)13-19-15-34-23-11-7-5-9-21(19)23/h4-11,14-15,17,24-27,33-34,38H,3,12-13,16,32H2,1-2H3,(H,35,40)(H,36,39)(H,37,41)(H,42,43). The van der Waals surface area contributed by atoms with E-state index >= 15 is 0 Å². The van der Waals surface area contributed by atoms with E-state index < -0.39 is 54.5 Å². The Morgan fingerprint density at radius 2 is 1.23 bits per heavy atom. The van der Waals surface area contributed by atoms with E-state index in [1.165, 1.54) is 0 Å². The van der Waals surface area contributed by atoms with Gasteiger partial charge in [-0.2, -0.15) is 0 Å². The van der Waals surface area contributed by atoms with Gasteiger partial charge in [-0.25, -0.2) is 4.79 Å². The van der Waals surface area contributed by atoms with Crippen molar-refractivity contribution >= 4 is 45.5 Å². The highest BCUT2D eigenvalue weighted by Crippen LogP contribution is 2.21. The first-order valence-electron chi connectivity index (χ1n) is 14.2. The van der Waals surface area contributed by atoms with Gasteiger partial charge in [0, 0.05) is 47.0 Å². The Kier molecular flexibility index (Phi) is 10.2. The van der Waals surface area contributed by atoms with E-state index in [0.29, 0.717) is 17.5 Å². The van der Waals surface area contributed by atoms with E-state index in [4.69, 9.17) is 5.73 Å². The second kappa shape index (κ2) is 14.0. The second-order valence-corrected chi connectivity index (χ2v) is 10.7. The van der Waals surface area contributed by atoms with Crippen LogP contribution < -0.4 is 21.7 Å². The first-order valence-corrected chi connectivity index (χ1v) is 14.2. The van der Waals surface area contributed by atoms with E-state index in [1.54, 1.807) is 19.3 Å². The molecule has 12 nitrogen and oxygen atoms in total. The van der Waals surface area contributed by atoms with Crippen molar-refractivity contribution in [2.24, 2.45) is 11.7 Å². The van der Waals surface area contributed by atoms with Gasteiger partial charge in [-0.3, -0.25) is 14.4 Å². The number of carboxylic acid groups (broad SMARTS) is 1. The van der Waals surface area contributed by atoms with Crippen LogP contribution in [0, 0.1) is 5.92 Å². The molecule has 5 atom stereocenters. The van der Waals surface area contributed by atoms with E-state index in [0.717, 1.165) is 21.8 Å². The number of aromatic amines is 2. The van der Waals surface area contributed by atoms with Crippen molar-refractivity contribution < 1.29 is 29.4 Å². The highest BCUT2D eigenvalue weighted by Gasteiger charge is 2.31. The molecule has 2 aromatic heterocycles. The molecule has 0 spiro atoms. The summed E-state index contributed by atoms with van der Waals surface area (Å²) in [5.41, 5.74) is 9.07. The molecule has 4 aromatic rings. The molecule has 2 heterocycles. The molecular formula is C31H38N6O6. The van der Waals surface area contributed by atoms with Crippen LogP contribution in [0.5, 0.6) is 0 Å². The van der Waals surface area contributed by atoms with Gasteiger partial charge in [0.05, 0.1) is 12.6 Å². The number of aliphatic hydroxyl groups is 1. The molecule has 0 saturated heterocycles. The van der Waals surface area contributed by atoms with E-state index in [1.807, 2.05) is 55.5 Å². The van der Waals surface area contributed by atoms with Gasteiger partial charge in [0.1, 0.15) is 18.1 Å². The number of benzene rings is 2. The van der Waals surface area contributed by atoms with Gasteiger partial charge < -0.3 is 41.9 Å². The Labute approximate surface area is 248 Å². The fourth-order valence-electron chi connectivity index (χ4n) is 4.97. The Bertz CT molecular complexity index is 1600. The molecule has 0 aliphatic heterocycles. The maximum atomic E-state index is 13.6. The number of aliphatic hydroxyl groups excluding tert-OH is 1. The molecule has 12 heteroatoms. The molecule has 4 rings (SSSR count). The minimum atomic E-state index is -1.37.